The van der Waals surface area contributed by atoms with Crippen molar-refractivity contribution in [2.45, 2.75) is 34.1 Å². The average molecular weight is 349 g/mol. The first-order valence-electron chi connectivity index (χ1n) is 8.61. The monoisotopic (exact) mass is 348 g/mol. The van der Waals surface area contributed by atoms with Crippen LogP contribution in [-0.4, -0.2) is 0 Å². The Labute approximate surface area is 154 Å². The van der Waals surface area contributed by atoms with Crippen LogP contribution in [0.15, 0.2) is 40.8 Å². The molecule has 0 saturated carbocycles. The minimum Gasteiger partial charge on any atom is -0.462 e. The summed E-state index contributed by atoms with van der Waals surface area (Å²) in [6.07, 6.45) is 3.20. The Morgan fingerprint density at radius 2 is 1.60 bits per heavy atom. The van der Waals surface area contributed by atoms with Crippen LogP contribution >= 0.6 is 11.6 Å². The number of rotatable bonds is 2. The molecule has 0 bridgehead atoms. The molecule has 0 radical (unpaired) electrons. The fourth-order valence-corrected chi connectivity index (χ4v) is 3.87. The Morgan fingerprint density at radius 3 is 2.24 bits per heavy atom. The molecule has 2 heteroatoms. The summed E-state index contributed by atoms with van der Waals surface area (Å²) in [4.78, 5) is 0. The molecule has 1 heterocycles. The molecule has 3 aromatic rings. The maximum atomic E-state index is 6.38. The largest absolute Gasteiger partial charge is 0.462 e. The molecule has 1 aromatic heterocycles. The molecule has 2 aromatic carbocycles. The van der Waals surface area contributed by atoms with Crippen LogP contribution in [0.4, 0.5) is 0 Å². The van der Waals surface area contributed by atoms with Crippen LogP contribution < -0.4 is 0 Å². The zero-order valence-corrected chi connectivity index (χ0v) is 15.8. The number of halogens is 1. The summed E-state index contributed by atoms with van der Waals surface area (Å²) in [6.45, 7) is 8.31. The summed E-state index contributed by atoms with van der Waals surface area (Å²) in [5.41, 5.74) is 9.99. The van der Waals surface area contributed by atoms with Crippen LogP contribution in [0.3, 0.4) is 0 Å². The fraction of sp³-hybridized carbons (Fsp3) is 0.217. The number of hydrogen-bond acceptors (Lipinski definition) is 1. The summed E-state index contributed by atoms with van der Waals surface area (Å²) in [6, 6.07) is 12.9. The molecule has 0 saturated heterocycles. The Bertz CT molecular complexity index is 998. The molecule has 0 fully saturated rings. The molecule has 25 heavy (non-hydrogen) atoms. The second-order valence-corrected chi connectivity index (χ2v) is 7.39. The molecule has 0 aliphatic heterocycles. The lowest BCUT2D eigenvalue weighted by molar-refractivity contribution is 0.521. The lowest BCUT2D eigenvalue weighted by atomic mass is 9.91. The Balaban J connectivity index is 1.89. The van der Waals surface area contributed by atoms with Gasteiger partial charge in [-0.2, -0.15) is 0 Å². The van der Waals surface area contributed by atoms with Gasteiger partial charge in [-0.3, -0.25) is 0 Å². The van der Waals surface area contributed by atoms with Crippen molar-refractivity contribution in [3.8, 4) is 11.1 Å². The van der Waals surface area contributed by atoms with E-state index in [-0.39, 0.29) is 0 Å². The van der Waals surface area contributed by atoms with E-state index in [1.165, 1.54) is 33.4 Å². The van der Waals surface area contributed by atoms with Crippen LogP contribution in [0.5, 0.6) is 0 Å². The molecule has 0 spiro atoms. The van der Waals surface area contributed by atoms with Crippen LogP contribution in [0, 0.1) is 27.7 Å². The highest BCUT2D eigenvalue weighted by Crippen LogP contribution is 2.40. The van der Waals surface area contributed by atoms with E-state index < -0.39 is 0 Å². The van der Waals surface area contributed by atoms with E-state index in [9.17, 15) is 0 Å². The minimum absolute atomic E-state index is 0.858. The van der Waals surface area contributed by atoms with Gasteiger partial charge in [0.1, 0.15) is 11.5 Å². The molecular weight excluding hydrogens is 328 g/mol. The lowest BCUT2D eigenvalue weighted by Crippen LogP contribution is -1.93. The van der Waals surface area contributed by atoms with Gasteiger partial charge in [0, 0.05) is 11.4 Å². The molecule has 0 unspecified atom stereocenters. The van der Waals surface area contributed by atoms with Crippen molar-refractivity contribution in [1.82, 2.24) is 0 Å². The van der Waals surface area contributed by atoms with Crippen molar-refractivity contribution in [2.75, 3.05) is 0 Å². The van der Waals surface area contributed by atoms with E-state index in [0.717, 1.165) is 34.1 Å². The fourth-order valence-electron chi connectivity index (χ4n) is 3.76. The molecule has 126 valence electrons. The van der Waals surface area contributed by atoms with Crippen molar-refractivity contribution in [3.63, 3.8) is 0 Å². The van der Waals surface area contributed by atoms with Crippen LogP contribution in [0.2, 0.25) is 5.02 Å². The van der Waals surface area contributed by atoms with E-state index in [4.69, 9.17) is 16.0 Å². The summed E-state index contributed by atoms with van der Waals surface area (Å²) in [5, 5.41) is 0.858. The van der Waals surface area contributed by atoms with E-state index in [2.05, 4.69) is 57.2 Å². The van der Waals surface area contributed by atoms with Gasteiger partial charge >= 0.3 is 0 Å². The predicted octanol–water partition coefficient (Wildman–Crippen LogP) is 6.93. The first-order chi connectivity index (χ1) is 11.9. The zero-order chi connectivity index (χ0) is 17.7. The quantitative estimate of drug-likeness (QED) is 0.489. The van der Waals surface area contributed by atoms with Crippen molar-refractivity contribution < 1.29 is 4.42 Å². The van der Waals surface area contributed by atoms with Gasteiger partial charge in [0.2, 0.25) is 0 Å². The van der Waals surface area contributed by atoms with Gasteiger partial charge < -0.3 is 4.42 Å². The third-order valence-corrected chi connectivity index (χ3v) is 5.62. The van der Waals surface area contributed by atoms with E-state index in [0.29, 0.717) is 0 Å². The Morgan fingerprint density at radius 1 is 0.880 bits per heavy atom. The maximum Gasteiger partial charge on any atom is 0.130 e. The highest BCUT2D eigenvalue weighted by Gasteiger charge is 2.21. The van der Waals surface area contributed by atoms with Crippen LogP contribution in [0.1, 0.15) is 39.3 Å². The van der Waals surface area contributed by atoms with Gasteiger partial charge in [-0.1, -0.05) is 23.7 Å². The van der Waals surface area contributed by atoms with E-state index in [1.807, 2.05) is 13.0 Å². The highest BCUT2D eigenvalue weighted by atomic mass is 35.5. The number of benzene rings is 2. The molecule has 4 rings (SSSR count). The molecular formula is C23H21ClO. The molecule has 1 aliphatic rings. The maximum absolute atomic E-state index is 6.38. The lowest BCUT2D eigenvalue weighted by Gasteiger charge is -2.14. The van der Waals surface area contributed by atoms with Crippen molar-refractivity contribution in [2.24, 2.45) is 0 Å². The summed E-state index contributed by atoms with van der Waals surface area (Å²) in [5.74, 6) is 1.92. The standard InChI is InChI=1S/C23H21ClO/c1-13-5-7-17-11-18(21-8-6-16(4)25-21)12-20(17)22(13)19-9-14(2)23(24)15(3)10-19/h5-10,12H,11H2,1-4H3. The Kier molecular flexibility index (Phi) is 3.85. The van der Waals surface area contributed by atoms with Gasteiger partial charge in [-0.15, -0.1) is 0 Å². The summed E-state index contributed by atoms with van der Waals surface area (Å²) >= 11 is 6.38. The number of furan rings is 1. The average Bonchev–Trinajstić information content (AvgIpc) is 3.18. The number of allylic oxidation sites excluding steroid dienone is 1. The zero-order valence-electron chi connectivity index (χ0n) is 15.0. The van der Waals surface area contributed by atoms with Crippen LogP contribution in [-0.2, 0) is 6.42 Å². The van der Waals surface area contributed by atoms with E-state index >= 15 is 0 Å². The van der Waals surface area contributed by atoms with Gasteiger partial charge in [0.15, 0.2) is 0 Å². The van der Waals surface area contributed by atoms with Crippen LogP contribution in [0.25, 0.3) is 22.8 Å². The molecule has 0 atom stereocenters. The smallest absolute Gasteiger partial charge is 0.130 e. The third kappa shape index (κ3) is 2.73. The van der Waals surface area contributed by atoms with Gasteiger partial charge in [-0.05, 0) is 103 Å². The second-order valence-electron chi connectivity index (χ2n) is 7.01. The second kappa shape index (κ2) is 5.93. The molecule has 1 aliphatic carbocycles. The SMILES string of the molecule is Cc1ccc(C2=Cc3c(ccc(C)c3-c3cc(C)c(Cl)c(C)c3)C2)o1. The van der Waals surface area contributed by atoms with Gasteiger partial charge in [0.25, 0.3) is 0 Å². The van der Waals surface area contributed by atoms with Crippen molar-refractivity contribution in [3.05, 3.63) is 80.8 Å². The first kappa shape index (κ1) is 16.2. The Hall–Kier alpha value is -2.25. The summed E-state index contributed by atoms with van der Waals surface area (Å²) < 4.78 is 5.84. The topological polar surface area (TPSA) is 13.1 Å². The highest BCUT2D eigenvalue weighted by molar-refractivity contribution is 6.32. The number of aryl methyl sites for hydroxylation is 4. The number of fused-ring (bicyclic) bond motifs is 1. The van der Waals surface area contributed by atoms with Crippen molar-refractivity contribution >= 4 is 23.3 Å². The molecule has 1 nitrogen and oxygen atoms in total. The minimum atomic E-state index is 0.858. The normalized spacial score (nSPS) is 13.1. The summed E-state index contributed by atoms with van der Waals surface area (Å²) in [7, 11) is 0. The first-order valence-corrected chi connectivity index (χ1v) is 8.99. The predicted molar refractivity (Wildman–Crippen MR) is 106 cm³/mol. The van der Waals surface area contributed by atoms with E-state index in [1.54, 1.807) is 0 Å². The number of hydrogen-bond donors (Lipinski definition) is 0. The van der Waals surface area contributed by atoms with Crippen molar-refractivity contribution in [1.29, 1.82) is 0 Å². The molecule has 0 amide bonds. The van der Waals surface area contributed by atoms with Gasteiger partial charge in [-0.25, -0.2) is 0 Å². The molecule has 0 N–H and O–H groups in total. The van der Waals surface area contributed by atoms with Gasteiger partial charge in [0.05, 0.1) is 0 Å². The third-order valence-electron chi connectivity index (χ3n) is 5.03.